The Balaban J connectivity index is 1.34. The quantitative estimate of drug-likeness (QED) is 0.150. The lowest BCUT2D eigenvalue weighted by Gasteiger charge is -2.14. The van der Waals surface area contributed by atoms with Crippen molar-refractivity contribution in [1.82, 2.24) is 9.99 Å². The molecule has 178 valence electrons. The van der Waals surface area contributed by atoms with Gasteiger partial charge in [-0.05, 0) is 42.5 Å². The maximum absolute atomic E-state index is 12.8. The van der Waals surface area contributed by atoms with Crippen molar-refractivity contribution < 1.29 is 14.1 Å². The molecule has 0 bridgehead atoms. The first-order chi connectivity index (χ1) is 17.4. The number of nitrogens with zero attached hydrogens (tertiary/aromatic N) is 3. The van der Waals surface area contributed by atoms with Gasteiger partial charge in [-0.1, -0.05) is 35.9 Å². The van der Waals surface area contributed by atoms with Gasteiger partial charge in [-0.25, -0.2) is 5.43 Å². The number of non-ortho nitro benzene ring substituents is 1. The van der Waals surface area contributed by atoms with Crippen LogP contribution in [0.2, 0.25) is 5.02 Å². The van der Waals surface area contributed by atoms with E-state index in [0.29, 0.717) is 38.9 Å². The average molecular weight is 501 g/mol. The zero-order valence-corrected chi connectivity index (χ0v) is 19.3. The summed E-state index contributed by atoms with van der Waals surface area (Å²) in [5.41, 5.74) is 4.05. The number of furan rings is 1. The predicted octanol–water partition coefficient (Wildman–Crippen LogP) is 5.13. The third kappa shape index (κ3) is 4.35. The first-order valence-electron chi connectivity index (χ1n) is 10.8. The highest BCUT2D eigenvalue weighted by Gasteiger charge is 2.14. The number of carbonyl (C=O) groups is 1. The Labute approximate surface area is 208 Å². The number of fused-ring (bicyclic) bond motifs is 2. The normalized spacial score (nSPS) is 11.4. The summed E-state index contributed by atoms with van der Waals surface area (Å²) in [6.07, 6.45) is 1.34. The number of nitro benzene ring substituents is 1. The summed E-state index contributed by atoms with van der Waals surface area (Å²) in [7, 11) is 0. The van der Waals surface area contributed by atoms with Crippen LogP contribution in [0.15, 0.2) is 93.2 Å². The second kappa shape index (κ2) is 9.47. The van der Waals surface area contributed by atoms with Crippen molar-refractivity contribution in [2.45, 2.75) is 6.54 Å². The summed E-state index contributed by atoms with van der Waals surface area (Å²) in [5, 5.41) is 16.1. The van der Waals surface area contributed by atoms with Crippen LogP contribution in [0.4, 0.5) is 5.69 Å². The van der Waals surface area contributed by atoms with Gasteiger partial charge in [0.1, 0.15) is 18.1 Å². The zero-order chi connectivity index (χ0) is 25.2. The van der Waals surface area contributed by atoms with Crippen molar-refractivity contribution in [2.75, 3.05) is 0 Å². The first-order valence-corrected chi connectivity index (χ1v) is 11.2. The van der Waals surface area contributed by atoms with Crippen LogP contribution in [0.5, 0.6) is 0 Å². The minimum absolute atomic E-state index is 0.0551. The third-order valence-corrected chi connectivity index (χ3v) is 5.93. The molecule has 2 aromatic heterocycles. The van der Waals surface area contributed by atoms with Gasteiger partial charge >= 0.3 is 0 Å². The van der Waals surface area contributed by atoms with Gasteiger partial charge in [0.2, 0.25) is 0 Å². The van der Waals surface area contributed by atoms with Crippen LogP contribution in [0.3, 0.4) is 0 Å². The van der Waals surface area contributed by atoms with Crippen molar-refractivity contribution >= 4 is 51.2 Å². The van der Waals surface area contributed by atoms with Gasteiger partial charge in [0.15, 0.2) is 5.43 Å². The summed E-state index contributed by atoms with van der Waals surface area (Å²) in [4.78, 5) is 35.9. The number of amides is 1. The Bertz CT molecular complexity index is 1680. The molecule has 0 fully saturated rings. The molecule has 0 saturated carbocycles. The number of halogens is 1. The Morgan fingerprint density at radius 2 is 1.69 bits per heavy atom. The summed E-state index contributed by atoms with van der Waals surface area (Å²) < 4.78 is 7.46. The number of benzene rings is 3. The molecule has 0 aliphatic carbocycles. The molecule has 5 aromatic rings. The van der Waals surface area contributed by atoms with Crippen LogP contribution in [-0.2, 0) is 11.3 Å². The Kier molecular flexibility index (Phi) is 6.05. The minimum atomic E-state index is -0.530. The minimum Gasteiger partial charge on any atom is -0.455 e. The molecule has 0 saturated heterocycles. The molecular weight excluding hydrogens is 484 g/mol. The first kappa shape index (κ1) is 23.0. The average Bonchev–Trinajstić information content (AvgIpc) is 3.35. The van der Waals surface area contributed by atoms with E-state index in [9.17, 15) is 19.7 Å². The number of pyridine rings is 1. The maximum Gasteiger partial charge on any atom is 0.270 e. The van der Waals surface area contributed by atoms with E-state index in [1.165, 1.54) is 24.4 Å². The van der Waals surface area contributed by atoms with Gasteiger partial charge in [-0.3, -0.25) is 19.7 Å². The maximum atomic E-state index is 12.8. The van der Waals surface area contributed by atoms with E-state index in [0.717, 1.165) is 0 Å². The number of nitro groups is 1. The molecule has 0 spiro atoms. The van der Waals surface area contributed by atoms with Gasteiger partial charge in [-0.15, -0.1) is 0 Å². The van der Waals surface area contributed by atoms with Crippen LogP contribution >= 0.6 is 11.6 Å². The van der Waals surface area contributed by atoms with Gasteiger partial charge < -0.3 is 8.98 Å². The molecule has 0 radical (unpaired) electrons. The fourth-order valence-electron chi connectivity index (χ4n) is 3.98. The number of nitrogens with one attached hydrogen (secondary N) is 1. The Morgan fingerprint density at radius 1 is 1.03 bits per heavy atom. The molecule has 0 aliphatic rings. The number of hydrogen-bond acceptors (Lipinski definition) is 6. The number of hydrazone groups is 1. The second-order valence-electron chi connectivity index (χ2n) is 7.87. The van der Waals surface area contributed by atoms with Crippen molar-refractivity contribution in [3.05, 3.63) is 110 Å². The van der Waals surface area contributed by atoms with E-state index in [2.05, 4.69) is 10.5 Å². The van der Waals surface area contributed by atoms with Crippen molar-refractivity contribution in [3.63, 3.8) is 0 Å². The van der Waals surface area contributed by atoms with E-state index < -0.39 is 10.8 Å². The van der Waals surface area contributed by atoms with E-state index in [4.69, 9.17) is 16.0 Å². The molecule has 3 aromatic carbocycles. The molecule has 2 heterocycles. The van der Waals surface area contributed by atoms with Crippen molar-refractivity contribution in [3.8, 4) is 11.3 Å². The Morgan fingerprint density at radius 3 is 2.33 bits per heavy atom. The van der Waals surface area contributed by atoms with Gasteiger partial charge in [0.25, 0.3) is 11.6 Å². The number of aromatic nitrogens is 1. The fourth-order valence-corrected chi connectivity index (χ4v) is 4.25. The summed E-state index contributed by atoms with van der Waals surface area (Å²) >= 11 is 6.16. The van der Waals surface area contributed by atoms with Gasteiger partial charge in [-0.2, -0.15) is 5.10 Å². The molecule has 0 unspecified atom stereocenters. The molecule has 0 atom stereocenters. The highest BCUT2D eigenvalue weighted by molar-refractivity contribution is 6.33. The lowest BCUT2D eigenvalue weighted by atomic mass is 10.1. The monoisotopic (exact) mass is 500 g/mol. The largest absolute Gasteiger partial charge is 0.455 e. The standard InChI is InChI=1S/C26H17ClN4O5/c27-21-13-16(31(34)35)9-11-18(21)24-12-10-17(36-24)14-28-29-25(32)15-30-22-7-3-1-5-19(22)26(33)20-6-2-4-8-23(20)30/h1-14H,15H2,(H,29,32)/b28-14-. The molecule has 36 heavy (non-hydrogen) atoms. The molecule has 0 aliphatic heterocycles. The van der Waals surface area contributed by atoms with Gasteiger partial charge in [0, 0.05) is 28.5 Å². The van der Waals surface area contributed by atoms with Crippen LogP contribution in [0.1, 0.15) is 5.76 Å². The highest BCUT2D eigenvalue weighted by Crippen LogP contribution is 2.32. The zero-order valence-electron chi connectivity index (χ0n) is 18.6. The van der Waals surface area contributed by atoms with Crippen LogP contribution < -0.4 is 10.9 Å². The molecule has 5 rings (SSSR count). The van der Waals surface area contributed by atoms with Crippen LogP contribution in [-0.4, -0.2) is 21.6 Å². The highest BCUT2D eigenvalue weighted by atomic mass is 35.5. The van der Waals surface area contributed by atoms with E-state index in [1.54, 1.807) is 53.1 Å². The smallest absolute Gasteiger partial charge is 0.270 e. The van der Waals surface area contributed by atoms with Crippen LogP contribution in [0, 0.1) is 10.1 Å². The third-order valence-electron chi connectivity index (χ3n) is 5.62. The van der Waals surface area contributed by atoms with Crippen molar-refractivity contribution in [2.24, 2.45) is 5.10 Å². The van der Waals surface area contributed by atoms with Crippen molar-refractivity contribution in [1.29, 1.82) is 0 Å². The number of rotatable bonds is 6. The van der Waals surface area contributed by atoms with E-state index in [1.807, 2.05) is 12.1 Å². The molecule has 9 nitrogen and oxygen atoms in total. The van der Waals surface area contributed by atoms with E-state index >= 15 is 0 Å². The second-order valence-corrected chi connectivity index (χ2v) is 8.27. The van der Waals surface area contributed by atoms with Gasteiger partial charge in [0.05, 0.1) is 27.2 Å². The summed E-state index contributed by atoms with van der Waals surface area (Å²) in [5.74, 6) is 0.350. The van der Waals surface area contributed by atoms with Crippen LogP contribution in [0.25, 0.3) is 33.1 Å². The Hall–Kier alpha value is -4.76. The lowest BCUT2D eigenvalue weighted by Crippen LogP contribution is -2.25. The fraction of sp³-hybridized carbons (Fsp3) is 0.0385. The summed E-state index contributed by atoms with van der Waals surface area (Å²) in [6.45, 7) is -0.0551. The number of para-hydroxylation sites is 2. The molecule has 1 amide bonds. The lowest BCUT2D eigenvalue weighted by molar-refractivity contribution is -0.384. The molecular formula is C26H17ClN4O5. The van der Waals surface area contributed by atoms with E-state index in [-0.39, 0.29) is 22.7 Å². The molecule has 10 heteroatoms. The SMILES string of the molecule is O=C(Cn1c2ccccc2c(=O)c2ccccc21)N/N=C\c1ccc(-c2ccc([N+](=O)[O-])cc2Cl)o1. The summed E-state index contributed by atoms with van der Waals surface area (Å²) in [6, 6.07) is 21.6. The topological polar surface area (TPSA) is 120 Å². The predicted molar refractivity (Wildman–Crippen MR) is 137 cm³/mol. The molecule has 1 N–H and O–H groups in total. The number of carbonyl (C=O) groups excluding carboxylic acids is 1. The number of hydrogen-bond donors (Lipinski definition) is 1.